The third-order valence-electron chi connectivity index (χ3n) is 6.19. The summed E-state index contributed by atoms with van der Waals surface area (Å²) in [6.45, 7) is 2.74. The maximum absolute atomic E-state index is 11.5. The van der Waals surface area contributed by atoms with Crippen molar-refractivity contribution < 1.29 is 19.0 Å². The number of fused-ring (bicyclic) bond motifs is 1. The zero-order valence-corrected chi connectivity index (χ0v) is 21.1. The summed E-state index contributed by atoms with van der Waals surface area (Å²) < 4.78 is 26.3. The molecule has 4 rings (SSSR count). The van der Waals surface area contributed by atoms with E-state index in [4.69, 9.17) is 0 Å². The molecule has 1 atom stereocenters. The predicted molar refractivity (Wildman–Crippen MR) is 138 cm³/mol. The van der Waals surface area contributed by atoms with E-state index in [2.05, 4.69) is 16.9 Å². The standard InChI is InChI=1S/C24H30N4O4S2/c1-4-5-9-19-16-27(18-10-7-6-8-11-18)21-12-22(33-3)20(13-23(21)34(31,32)26(19)2)28-15-17(14-25-28)24(29)30/h6-8,10-15,19,31-32H,4-5,9,16H2,1-3H3,(H,29,30). The Morgan fingerprint density at radius 3 is 2.56 bits per heavy atom. The fourth-order valence-electron chi connectivity index (χ4n) is 4.23. The highest BCUT2D eigenvalue weighted by atomic mass is 32.3. The molecule has 10 heteroatoms. The van der Waals surface area contributed by atoms with Crippen LogP contribution in [0.5, 0.6) is 0 Å². The van der Waals surface area contributed by atoms with Crippen LogP contribution in [-0.2, 0) is 0 Å². The second-order valence-corrected chi connectivity index (χ2v) is 11.2. The Hall–Kier alpha value is -2.50. The lowest BCUT2D eigenvalue weighted by molar-refractivity contribution is 0.0697. The van der Waals surface area contributed by atoms with Gasteiger partial charge in [-0.05, 0) is 36.9 Å². The average molecular weight is 503 g/mol. The summed E-state index contributed by atoms with van der Waals surface area (Å²) >= 11 is 1.50. The fraction of sp³-hybridized carbons (Fsp3) is 0.333. The van der Waals surface area contributed by atoms with Crippen molar-refractivity contribution >= 4 is 39.9 Å². The van der Waals surface area contributed by atoms with Gasteiger partial charge in [0, 0.05) is 36.4 Å². The third kappa shape index (κ3) is 4.56. The molecule has 3 aromatic rings. The molecule has 1 unspecified atom stereocenters. The summed E-state index contributed by atoms with van der Waals surface area (Å²) in [5, 5.41) is 13.6. The smallest absolute Gasteiger partial charge is 0.338 e. The lowest BCUT2D eigenvalue weighted by Gasteiger charge is -2.43. The lowest BCUT2D eigenvalue weighted by atomic mass is 10.1. The van der Waals surface area contributed by atoms with Crippen molar-refractivity contribution in [2.24, 2.45) is 0 Å². The van der Waals surface area contributed by atoms with Gasteiger partial charge in [-0.3, -0.25) is 9.11 Å². The van der Waals surface area contributed by atoms with Crippen LogP contribution in [0.4, 0.5) is 11.4 Å². The number of likely N-dealkylation sites (N-methyl/N-ethyl adjacent to an activating group) is 1. The molecule has 2 aromatic carbocycles. The molecule has 2 heterocycles. The van der Waals surface area contributed by atoms with Crippen LogP contribution in [0.1, 0.15) is 36.5 Å². The van der Waals surface area contributed by atoms with Crippen LogP contribution in [0.2, 0.25) is 0 Å². The molecular formula is C24H30N4O4S2. The van der Waals surface area contributed by atoms with Crippen LogP contribution in [0, 0.1) is 0 Å². The van der Waals surface area contributed by atoms with E-state index in [0.717, 1.165) is 35.5 Å². The number of carboxylic acid groups (broad SMARTS) is 1. The van der Waals surface area contributed by atoms with E-state index < -0.39 is 16.7 Å². The van der Waals surface area contributed by atoms with Gasteiger partial charge in [-0.1, -0.05) is 38.0 Å². The van der Waals surface area contributed by atoms with Crippen molar-refractivity contribution in [1.82, 2.24) is 14.1 Å². The summed E-state index contributed by atoms with van der Waals surface area (Å²) in [7, 11) is -1.55. The van der Waals surface area contributed by atoms with Gasteiger partial charge >= 0.3 is 5.97 Å². The van der Waals surface area contributed by atoms with E-state index in [1.54, 1.807) is 17.4 Å². The highest BCUT2D eigenvalue weighted by Crippen LogP contribution is 2.59. The highest BCUT2D eigenvalue weighted by Gasteiger charge is 2.38. The van der Waals surface area contributed by atoms with Gasteiger partial charge in [-0.2, -0.15) is 5.10 Å². The minimum Gasteiger partial charge on any atom is -0.478 e. The topological polar surface area (TPSA) is 102 Å². The molecule has 1 aromatic heterocycles. The first-order valence-corrected chi connectivity index (χ1v) is 13.8. The molecule has 8 nitrogen and oxygen atoms in total. The number of carbonyl (C=O) groups is 1. The van der Waals surface area contributed by atoms with Crippen LogP contribution in [0.3, 0.4) is 0 Å². The Kier molecular flexibility index (Phi) is 7.25. The van der Waals surface area contributed by atoms with E-state index in [0.29, 0.717) is 17.1 Å². The predicted octanol–water partition coefficient (Wildman–Crippen LogP) is 5.96. The Labute approximate surface area is 205 Å². The molecule has 1 aliphatic rings. The number of para-hydroxylation sites is 1. The number of rotatable bonds is 7. The molecule has 0 spiro atoms. The van der Waals surface area contributed by atoms with Crippen molar-refractivity contribution in [2.75, 3.05) is 24.7 Å². The van der Waals surface area contributed by atoms with Gasteiger partial charge in [-0.15, -0.1) is 22.5 Å². The van der Waals surface area contributed by atoms with E-state index in [9.17, 15) is 19.0 Å². The summed E-state index contributed by atoms with van der Waals surface area (Å²) in [5.74, 6) is -1.07. The molecule has 182 valence electrons. The van der Waals surface area contributed by atoms with Crippen LogP contribution < -0.4 is 4.90 Å². The van der Waals surface area contributed by atoms with Gasteiger partial charge < -0.3 is 10.0 Å². The third-order valence-corrected chi connectivity index (χ3v) is 8.98. The summed E-state index contributed by atoms with van der Waals surface area (Å²) in [6, 6.07) is 13.6. The van der Waals surface area contributed by atoms with Gasteiger partial charge in [0.2, 0.25) is 0 Å². The second kappa shape index (κ2) is 10.0. The fourth-order valence-corrected chi connectivity index (χ4v) is 6.44. The van der Waals surface area contributed by atoms with Crippen molar-refractivity contribution in [3.63, 3.8) is 0 Å². The molecule has 34 heavy (non-hydrogen) atoms. The van der Waals surface area contributed by atoms with Gasteiger partial charge in [0.15, 0.2) is 0 Å². The zero-order chi connectivity index (χ0) is 24.5. The number of anilines is 2. The number of thioether (sulfide) groups is 1. The monoisotopic (exact) mass is 502 g/mol. The lowest BCUT2D eigenvalue weighted by Crippen LogP contribution is -2.39. The van der Waals surface area contributed by atoms with Crippen LogP contribution in [-0.4, -0.2) is 60.2 Å². The second-order valence-electron chi connectivity index (χ2n) is 8.28. The Morgan fingerprint density at radius 2 is 1.94 bits per heavy atom. The highest BCUT2D eigenvalue weighted by molar-refractivity contribution is 8.22. The van der Waals surface area contributed by atoms with Crippen LogP contribution in [0.15, 0.2) is 64.6 Å². The minimum atomic E-state index is -3.32. The maximum Gasteiger partial charge on any atom is 0.338 e. The number of benzene rings is 2. The quantitative estimate of drug-likeness (QED) is 0.340. The molecule has 0 saturated heterocycles. The first-order chi connectivity index (χ1) is 16.3. The van der Waals surface area contributed by atoms with Gasteiger partial charge in [-0.25, -0.2) is 13.8 Å². The Morgan fingerprint density at radius 1 is 1.21 bits per heavy atom. The van der Waals surface area contributed by atoms with E-state index in [-0.39, 0.29) is 11.6 Å². The number of aromatic carboxylic acids is 1. The van der Waals surface area contributed by atoms with Crippen molar-refractivity contribution in [3.8, 4) is 5.69 Å². The Bertz CT molecular complexity index is 1170. The number of hydrogen-bond acceptors (Lipinski definition) is 7. The largest absolute Gasteiger partial charge is 0.478 e. The molecule has 0 radical (unpaired) electrons. The number of aromatic nitrogens is 2. The first-order valence-electron chi connectivity index (χ1n) is 11.1. The van der Waals surface area contributed by atoms with E-state index in [1.807, 2.05) is 42.7 Å². The average Bonchev–Trinajstić information content (AvgIpc) is 3.31. The van der Waals surface area contributed by atoms with E-state index in [1.165, 1.54) is 28.8 Å². The van der Waals surface area contributed by atoms with Crippen LogP contribution in [0.25, 0.3) is 5.69 Å². The summed E-state index contributed by atoms with van der Waals surface area (Å²) in [6.07, 6.45) is 7.51. The van der Waals surface area contributed by atoms with Crippen LogP contribution >= 0.6 is 22.5 Å². The molecule has 0 fully saturated rings. The Balaban J connectivity index is 1.93. The van der Waals surface area contributed by atoms with Gasteiger partial charge in [0.05, 0.1) is 23.1 Å². The van der Waals surface area contributed by atoms with Crippen molar-refractivity contribution in [1.29, 1.82) is 0 Å². The summed E-state index contributed by atoms with van der Waals surface area (Å²) in [5.41, 5.74) is 2.38. The number of unbranched alkanes of at least 4 members (excludes halogenated alkanes) is 1. The van der Waals surface area contributed by atoms with E-state index >= 15 is 0 Å². The first kappa shape index (κ1) is 24.6. The zero-order valence-electron chi connectivity index (χ0n) is 19.5. The number of carboxylic acids is 1. The SMILES string of the molecule is CCCCC1CN(c2ccccc2)c2cc(SC)c(-n3cc(C(=O)O)cn3)cc2S(O)(O)N1C. The molecule has 1 aliphatic heterocycles. The maximum atomic E-state index is 11.5. The van der Waals surface area contributed by atoms with Crippen molar-refractivity contribution in [2.45, 2.75) is 42.0 Å². The van der Waals surface area contributed by atoms with Gasteiger partial charge in [0.1, 0.15) is 4.90 Å². The number of nitrogens with zero attached hydrogens (tertiary/aromatic N) is 4. The molecule has 0 saturated carbocycles. The summed E-state index contributed by atoms with van der Waals surface area (Å²) in [4.78, 5) is 14.8. The van der Waals surface area contributed by atoms with Crippen molar-refractivity contribution in [3.05, 3.63) is 60.4 Å². The normalized spacial score (nSPS) is 18.9. The molecule has 0 bridgehead atoms. The minimum absolute atomic E-state index is 0.0660. The number of hydrogen-bond donors (Lipinski definition) is 3. The molecule has 0 amide bonds. The van der Waals surface area contributed by atoms with Gasteiger partial charge in [0.25, 0.3) is 0 Å². The molecule has 0 aliphatic carbocycles. The molecular weight excluding hydrogens is 472 g/mol. The molecule has 3 N–H and O–H groups in total.